The molecule has 1 saturated heterocycles. The van der Waals surface area contributed by atoms with Gasteiger partial charge in [0.1, 0.15) is 5.82 Å². The summed E-state index contributed by atoms with van der Waals surface area (Å²) in [7, 11) is 4.07. The Morgan fingerprint density at radius 1 is 1.17 bits per heavy atom. The van der Waals surface area contributed by atoms with Crippen molar-refractivity contribution < 1.29 is 9.13 Å². The van der Waals surface area contributed by atoms with Crippen LogP contribution in [0, 0.1) is 5.82 Å². The molecule has 4 heteroatoms. The summed E-state index contributed by atoms with van der Waals surface area (Å²) in [5.41, 5.74) is 3.87. The Balaban J connectivity index is 1.78. The van der Waals surface area contributed by atoms with E-state index < -0.39 is 0 Å². The molecule has 3 nitrogen and oxygen atoms in total. The van der Waals surface area contributed by atoms with Crippen LogP contribution in [-0.4, -0.2) is 38.3 Å². The molecule has 1 fully saturated rings. The van der Waals surface area contributed by atoms with Gasteiger partial charge in [0.15, 0.2) is 0 Å². The van der Waals surface area contributed by atoms with Crippen LogP contribution in [-0.2, 0) is 17.8 Å². The highest BCUT2D eigenvalue weighted by Crippen LogP contribution is 2.25. The van der Waals surface area contributed by atoms with Crippen molar-refractivity contribution in [1.29, 1.82) is 0 Å². The normalized spacial score (nSPS) is 17.6. The average Bonchev–Trinajstić information content (AvgIpc) is 3.07. The van der Waals surface area contributed by atoms with Crippen LogP contribution in [0.15, 0.2) is 42.5 Å². The number of rotatable bonds is 6. The van der Waals surface area contributed by atoms with Gasteiger partial charge in [-0.1, -0.05) is 24.3 Å². The summed E-state index contributed by atoms with van der Waals surface area (Å²) >= 11 is 0. The molecule has 0 spiro atoms. The Hall–Kier alpha value is -1.75. The summed E-state index contributed by atoms with van der Waals surface area (Å²) in [6.45, 7) is 3.17. The number of nitrogens with one attached hydrogen (secondary N) is 1. The van der Waals surface area contributed by atoms with E-state index in [0.717, 1.165) is 43.9 Å². The Morgan fingerprint density at radius 3 is 2.79 bits per heavy atom. The van der Waals surface area contributed by atoms with E-state index in [-0.39, 0.29) is 5.82 Å². The molecule has 1 aliphatic heterocycles. The zero-order chi connectivity index (χ0) is 16.9. The molecule has 1 aliphatic rings. The zero-order valence-corrected chi connectivity index (χ0v) is 14.4. The molecule has 1 atom stereocenters. The van der Waals surface area contributed by atoms with E-state index in [0.29, 0.717) is 11.6 Å². The van der Waals surface area contributed by atoms with Crippen molar-refractivity contribution >= 4 is 0 Å². The van der Waals surface area contributed by atoms with E-state index in [1.54, 1.807) is 6.07 Å². The van der Waals surface area contributed by atoms with Gasteiger partial charge < -0.3 is 15.0 Å². The maximum absolute atomic E-state index is 14.3. The Morgan fingerprint density at radius 2 is 2.04 bits per heavy atom. The van der Waals surface area contributed by atoms with Gasteiger partial charge in [0.2, 0.25) is 0 Å². The Labute approximate surface area is 143 Å². The first-order chi connectivity index (χ1) is 11.6. The van der Waals surface area contributed by atoms with Crippen molar-refractivity contribution in [2.45, 2.75) is 25.6 Å². The fourth-order valence-electron chi connectivity index (χ4n) is 3.06. The molecule has 2 aromatic rings. The molecule has 2 aromatic carbocycles. The molecule has 0 amide bonds. The van der Waals surface area contributed by atoms with Crippen molar-refractivity contribution in [2.24, 2.45) is 0 Å². The SMILES string of the molecule is CN(C)Cc1cccc(-c2cc(CN[C@@H]3CCOC3)ccc2F)c1. The van der Waals surface area contributed by atoms with E-state index >= 15 is 0 Å². The predicted octanol–water partition coefficient (Wildman–Crippen LogP) is 3.43. The van der Waals surface area contributed by atoms with Crippen LogP contribution in [0.5, 0.6) is 0 Å². The molecular formula is C20H25FN2O. The molecule has 3 rings (SSSR count). The van der Waals surface area contributed by atoms with E-state index in [2.05, 4.69) is 22.3 Å². The highest BCUT2D eigenvalue weighted by molar-refractivity contribution is 5.65. The Bertz CT molecular complexity index is 681. The fraction of sp³-hybridized carbons (Fsp3) is 0.400. The first-order valence-corrected chi connectivity index (χ1v) is 8.45. The number of hydrogen-bond donors (Lipinski definition) is 1. The molecule has 0 bridgehead atoms. The van der Waals surface area contributed by atoms with Gasteiger partial charge in [-0.05, 0) is 55.4 Å². The minimum absolute atomic E-state index is 0.176. The van der Waals surface area contributed by atoms with Gasteiger partial charge in [-0.3, -0.25) is 0 Å². The highest BCUT2D eigenvalue weighted by Gasteiger charge is 2.15. The lowest BCUT2D eigenvalue weighted by Gasteiger charge is -2.13. The monoisotopic (exact) mass is 328 g/mol. The number of ether oxygens (including phenoxy) is 1. The Kier molecular flexibility index (Phi) is 5.61. The minimum Gasteiger partial charge on any atom is -0.380 e. The summed E-state index contributed by atoms with van der Waals surface area (Å²) in [4.78, 5) is 2.11. The van der Waals surface area contributed by atoms with Gasteiger partial charge in [0.25, 0.3) is 0 Å². The lowest BCUT2D eigenvalue weighted by molar-refractivity contribution is 0.190. The smallest absolute Gasteiger partial charge is 0.131 e. The van der Waals surface area contributed by atoms with E-state index in [9.17, 15) is 4.39 Å². The van der Waals surface area contributed by atoms with Gasteiger partial charge in [0, 0.05) is 31.3 Å². The maximum atomic E-state index is 14.3. The van der Waals surface area contributed by atoms with Crippen molar-refractivity contribution in [1.82, 2.24) is 10.2 Å². The van der Waals surface area contributed by atoms with Crippen LogP contribution in [0.1, 0.15) is 17.5 Å². The maximum Gasteiger partial charge on any atom is 0.131 e. The zero-order valence-electron chi connectivity index (χ0n) is 14.4. The van der Waals surface area contributed by atoms with Crippen LogP contribution >= 0.6 is 0 Å². The first kappa shape index (κ1) is 17.1. The number of halogens is 1. The molecule has 0 radical (unpaired) electrons. The molecule has 24 heavy (non-hydrogen) atoms. The summed E-state index contributed by atoms with van der Waals surface area (Å²) in [6, 6.07) is 13.9. The predicted molar refractivity (Wildman–Crippen MR) is 95.3 cm³/mol. The van der Waals surface area contributed by atoms with Crippen LogP contribution in [0.4, 0.5) is 4.39 Å². The quantitative estimate of drug-likeness (QED) is 0.879. The van der Waals surface area contributed by atoms with Gasteiger partial charge in [-0.15, -0.1) is 0 Å². The molecule has 1 heterocycles. The summed E-state index contributed by atoms with van der Waals surface area (Å²) in [6.07, 6.45) is 1.04. The van der Waals surface area contributed by atoms with Crippen molar-refractivity contribution in [3.8, 4) is 11.1 Å². The molecular weight excluding hydrogens is 303 g/mol. The van der Waals surface area contributed by atoms with Crippen molar-refractivity contribution in [2.75, 3.05) is 27.3 Å². The minimum atomic E-state index is -0.176. The third kappa shape index (κ3) is 4.41. The van der Waals surface area contributed by atoms with E-state index in [1.165, 1.54) is 5.56 Å². The second-order valence-electron chi connectivity index (χ2n) is 6.69. The fourth-order valence-corrected chi connectivity index (χ4v) is 3.06. The van der Waals surface area contributed by atoms with Crippen molar-refractivity contribution in [3.63, 3.8) is 0 Å². The standard InChI is InChI=1S/C20H25FN2O/c1-23(2)13-16-4-3-5-17(10-16)19-11-15(6-7-20(19)21)12-22-18-8-9-24-14-18/h3-7,10-11,18,22H,8-9,12-14H2,1-2H3/t18-/m1/s1. The second-order valence-corrected chi connectivity index (χ2v) is 6.69. The molecule has 128 valence electrons. The topological polar surface area (TPSA) is 24.5 Å². The molecule has 0 aromatic heterocycles. The molecule has 0 unspecified atom stereocenters. The van der Waals surface area contributed by atoms with Gasteiger partial charge in [-0.25, -0.2) is 4.39 Å². The first-order valence-electron chi connectivity index (χ1n) is 8.45. The average molecular weight is 328 g/mol. The van der Waals surface area contributed by atoms with Gasteiger partial charge in [0.05, 0.1) is 6.61 Å². The number of hydrogen-bond acceptors (Lipinski definition) is 3. The van der Waals surface area contributed by atoms with Gasteiger partial charge >= 0.3 is 0 Å². The van der Waals surface area contributed by atoms with E-state index in [1.807, 2.05) is 38.4 Å². The van der Waals surface area contributed by atoms with Crippen LogP contribution in [0.3, 0.4) is 0 Å². The summed E-state index contributed by atoms with van der Waals surface area (Å²) in [5.74, 6) is -0.176. The van der Waals surface area contributed by atoms with Crippen LogP contribution < -0.4 is 5.32 Å². The van der Waals surface area contributed by atoms with Crippen molar-refractivity contribution in [3.05, 3.63) is 59.4 Å². The number of nitrogens with zero attached hydrogens (tertiary/aromatic N) is 1. The third-order valence-electron chi connectivity index (χ3n) is 4.29. The van der Waals surface area contributed by atoms with Crippen LogP contribution in [0.25, 0.3) is 11.1 Å². The molecule has 1 N–H and O–H groups in total. The van der Waals surface area contributed by atoms with E-state index in [4.69, 9.17) is 4.74 Å². The second kappa shape index (κ2) is 7.88. The number of benzene rings is 2. The molecule has 0 saturated carbocycles. The lowest BCUT2D eigenvalue weighted by atomic mass is 10.00. The highest BCUT2D eigenvalue weighted by atomic mass is 19.1. The van der Waals surface area contributed by atoms with Crippen LogP contribution in [0.2, 0.25) is 0 Å². The molecule has 0 aliphatic carbocycles. The third-order valence-corrected chi connectivity index (χ3v) is 4.29. The summed E-state index contributed by atoms with van der Waals surface area (Å²) in [5, 5.41) is 3.48. The lowest BCUT2D eigenvalue weighted by Crippen LogP contribution is -2.28. The van der Waals surface area contributed by atoms with Gasteiger partial charge in [-0.2, -0.15) is 0 Å². The summed E-state index contributed by atoms with van der Waals surface area (Å²) < 4.78 is 19.7. The largest absolute Gasteiger partial charge is 0.380 e.